The zero-order valence-electron chi connectivity index (χ0n) is 32.0. The predicted octanol–water partition coefficient (Wildman–Crippen LogP) is 16.7. The van der Waals surface area contributed by atoms with Gasteiger partial charge in [0.05, 0.1) is 0 Å². The van der Waals surface area contributed by atoms with Gasteiger partial charge in [0, 0.05) is 53.4 Å². The van der Waals surface area contributed by atoms with Crippen molar-refractivity contribution in [3.8, 4) is 33.4 Å². The molecular formula is C56H35NOS. The monoisotopic (exact) mass is 769 g/mol. The molecule has 0 fully saturated rings. The fourth-order valence-corrected chi connectivity index (χ4v) is 10.1. The summed E-state index contributed by atoms with van der Waals surface area (Å²) in [7, 11) is 0. The quantitative estimate of drug-likeness (QED) is 0.167. The number of anilines is 3. The SMILES string of the molecule is c1ccc2cc(-c3ccc(N(c4ccc(-c5cccc6oc7c8ccccc8ccc7c56)cc4)c4ccc(-c5cccc6sc7ccccc7c56)cc4)cc3)ccc2c1. The van der Waals surface area contributed by atoms with Crippen LogP contribution in [0, 0.1) is 0 Å². The molecule has 0 spiro atoms. The molecule has 276 valence electrons. The topological polar surface area (TPSA) is 16.4 Å². The minimum Gasteiger partial charge on any atom is -0.455 e. The Morgan fingerprint density at radius 1 is 0.339 bits per heavy atom. The van der Waals surface area contributed by atoms with Crippen molar-refractivity contribution in [1.29, 1.82) is 0 Å². The van der Waals surface area contributed by atoms with Gasteiger partial charge in [0.2, 0.25) is 0 Å². The van der Waals surface area contributed by atoms with Crippen LogP contribution in [0.25, 0.3) is 97.0 Å². The van der Waals surface area contributed by atoms with Crippen molar-refractivity contribution in [3.05, 3.63) is 212 Å². The molecule has 0 aliphatic carbocycles. The largest absolute Gasteiger partial charge is 0.455 e. The number of hydrogen-bond acceptors (Lipinski definition) is 3. The third-order valence-corrected chi connectivity index (χ3v) is 13.0. The van der Waals surface area contributed by atoms with Crippen molar-refractivity contribution in [3.63, 3.8) is 0 Å². The summed E-state index contributed by atoms with van der Waals surface area (Å²) >= 11 is 1.86. The minimum absolute atomic E-state index is 0.900. The van der Waals surface area contributed by atoms with E-state index in [2.05, 4.69) is 217 Å². The Morgan fingerprint density at radius 2 is 0.881 bits per heavy atom. The van der Waals surface area contributed by atoms with Crippen molar-refractivity contribution in [2.45, 2.75) is 0 Å². The van der Waals surface area contributed by atoms with E-state index in [4.69, 9.17) is 4.42 Å². The third kappa shape index (κ3) is 5.62. The van der Waals surface area contributed by atoms with E-state index < -0.39 is 0 Å². The molecule has 0 aliphatic heterocycles. The summed E-state index contributed by atoms with van der Waals surface area (Å²) in [5, 5.41) is 9.73. The van der Waals surface area contributed by atoms with Crippen LogP contribution in [0.4, 0.5) is 17.1 Å². The van der Waals surface area contributed by atoms with Crippen LogP contribution in [0.2, 0.25) is 0 Å². The van der Waals surface area contributed by atoms with Crippen LogP contribution in [0.5, 0.6) is 0 Å². The number of fused-ring (bicyclic) bond motifs is 9. The highest BCUT2D eigenvalue weighted by molar-refractivity contribution is 7.25. The molecule has 3 heteroatoms. The molecule has 0 amide bonds. The summed E-state index contributed by atoms with van der Waals surface area (Å²) in [6.45, 7) is 0. The summed E-state index contributed by atoms with van der Waals surface area (Å²) in [6, 6.07) is 76.9. The van der Waals surface area contributed by atoms with Crippen LogP contribution in [-0.2, 0) is 0 Å². The second kappa shape index (κ2) is 13.6. The standard InChI is InChI=1S/C56H35NOS/c1-2-11-41-35-42(20-19-36(41)9-1)37-21-28-43(29-22-37)57(45-32-25-40(26-33-45)47-15-8-18-53-55(47)49-13-5-6-17-52(49)59-53)44-30-23-39(24-31-44)46-14-7-16-51-54(46)50-34-27-38-10-3-4-12-48(38)56(50)58-51/h1-35H. The Hall–Kier alpha value is -7.46. The molecule has 0 unspecified atom stereocenters. The van der Waals surface area contributed by atoms with E-state index >= 15 is 0 Å². The van der Waals surface area contributed by atoms with Crippen molar-refractivity contribution in [2.24, 2.45) is 0 Å². The van der Waals surface area contributed by atoms with E-state index in [0.717, 1.165) is 55.5 Å². The summed E-state index contributed by atoms with van der Waals surface area (Å²) < 4.78 is 9.17. The van der Waals surface area contributed by atoms with E-state index in [1.807, 2.05) is 11.3 Å². The van der Waals surface area contributed by atoms with Crippen LogP contribution in [0.3, 0.4) is 0 Å². The van der Waals surface area contributed by atoms with Crippen molar-refractivity contribution in [2.75, 3.05) is 4.90 Å². The molecule has 2 aromatic heterocycles. The molecule has 2 heterocycles. The summed E-state index contributed by atoms with van der Waals surface area (Å²) in [5.41, 5.74) is 12.3. The van der Waals surface area contributed by atoms with Gasteiger partial charge in [-0.3, -0.25) is 0 Å². The summed E-state index contributed by atoms with van der Waals surface area (Å²) in [6.07, 6.45) is 0. The lowest BCUT2D eigenvalue weighted by atomic mass is 9.97. The number of hydrogen-bond donors (Lipinski definition) is 0. The Morgan fingerprint density at radius 3 is 1.61 bits per heavy atom. The van der Waals surface area contributed by atoms with Crippen LogP contribution in [-0.4, -0.2) is 0 Å². The van der Waals surface area contributed by atoms with Gasteiger partial charge in [-0.05, 0) is 116 Å². The smallest absolute Gasteiger partial charge is 0.143 e. The molecule has 59 heavy (non-hydrogen) atoms. The first kappa shape index (κ1) is 33.7. The van der Waals surface area contributed by atoms with E-state index in [-0.39, 0.29) is 0 Å². The van der Waals surface area contributed by atoms with Gasteiger partial charge in [-0.2, -0.15) is 0 Å². The zero-order chi connectivity index (χ0) is 38.9. The minimum atomic E-state index is 0.900. The third-order valence-electron chi connectivity index (χ3n) is 11.9. The fraction of sp³-hybridized carbons (Fsp3) is 0. The lowest BCUT2D eigenvalue weighted by molar-refractivity contribution is 0.673. The second-order valence-corrected chi connectivity index (χ2v) is 16.3. The number of rotatable bonds is 6. The first-order valence-electron chi connectivity index (χ1n) is 20.1. The van der Waals surface area contributed by atoms with Gasteiger partial charge in [0.15, 0.2) is 0 Å². The first-order chi connectivity index (χ1) is 29.2. The van der Waals surface area contributed by atoms with E-state index in [0.29, 0.717) is 0 Å². The van der Waals surface area contributed by atoms with Gasteiger partial charge in [0.25, 0.3) is 0 Å². The second-order valence-electron chi connectivity index (χ2n) is 15.3. The lowest BCUT2D eigenvalue weighted by Crippen LogP contribution is -2.09. The summed E-state index contributed by atoms with van der Waals surface area (Å²) in [4.78, 5) is 2.36. The lowest BCUT2D eigenvalue weighted by Gasteiger charge is -2.26. The van der Waals surface area contributed by atoms with E-state index in [1.165, 1.54) is 58.6 Å². The molecule has 0 N–H and O–H groups in total. The normalized spacial score (nSPS) is 11.7. The average Bonchev–Trinajstić information content (AvgIpc) is 3.89. The molecule has 0 bridgehead atoms. The number of furan rings is 1. The van der Waals surface area contributed by atoms with Gasteiger partial charge in [-0.1, -0.05) is 146 Å². The van der Waals surface area contributed by atoms with Crippen LogP contribution >= 0.6 is 11.3 Å². The van der Waals surface area contributed by atoms with Gasteiger partial charge in [-0.25, -0.2) is 0 Å². The molecule has 0 saturated heterocycles. The molecule has 2 nitrogen and oxygen atoms in total. The van der Waals surface area contributed by atoms with Crippen molar-refractivity contribution < 1.29 is 4.42 Å². The highest BCUT2D eigenvalue weighted by atomic mass is 32.1. The van der Waals surface area contributed by atoms with Crippen molar-refractivity contribution in [1.82, 2.24) is 0 Å². The maximum Gasteiger partial charge on any atom is 0.143 e. The van der Waals surface area contributed by atoms with E-state index in [9.17, 15) is 0 Å². The Kier molecular flexibility index (Phi) is 7.75. The first-order valence-corrected chi connectivity index (χ1v) is 20.9. The number of thiophene rings is 1. The maximum absolute atomic E-state index is 6.54. The molecule has 0 saturated carbocycles. The molecular weight excluding hydrogens is 735 g/mol. The highest BCUT2D eigenvalue weighted by Gasteiger charge is 2.18. The molecule has 0 radical (unpaired) electrons. The molecule has 10 aromatic carbocycles. The van der Waals surface area contributed by atoms with Crippen LogP contribution in [0.15, 0.2) is 217 Å². The summed E-state index contributed by atoms with van der Waals surface area (Å²) in [5.74, 6) is 0. The average molecular weight is 770 g/mol. The van der Waals surface area contributed by atoms with Gasteiger partial charge in [0.1, 0.15) is 11.2 Å². The maximum atomic E-state index is 6.54. The number of benzene rings is 10. The van der Waals surface area contributed by atoms with Crippen LogP contribution in [0.1, 0.15) is 0 Å². The Bertz CT molecular complexity index is 3540. The number of nitrogens with zero attached hydrogens (tertiary/aromatic N) is 1. The highest BCUT2D eigenvalue weighted by Crippen LogP contribution is 2.44. The molecule has 0 aliphatic rings. The molecule has 12 rings (SSSR count). The Labute approximate surface area is 345 Å². The fourth-order valence-electron chi connectivity index (χ4n) is 9.01. The molecule has 0 atom stereocenters. The van der Waals surface area contributed by atoms with Gasteiger partial charge >= 0.3 is 0 Å². The van der Waals surface area contributed by atoms with Gasteiger partial charge in [-0.15, -0.1) is 11.3 Å². The van der Waals surface area contributed by atoms with E-state index in [1.54, 1.807) is 0 Å². The Balaban J connectivity index is 0.958. The van der Waals surface area contributed by atoms with Gasteiger partial charge < -0.3 is 9.32 Å². The zero-order valence-corrected chi connectivity index (χ0v) is 32.8. The predicted molar refractivity (Wildman–Crippen MR) is 253 cm³/mol. The van der Waals surface area contributed by atoms with Crippen LogP contribution < -0.4 is 4.90 Å². The van der Waals surface area contributed by atoms with Crippen molar-refractivity contribution >= 4 is 92.1 Å². The molecule has 12 aromatic rings.